The van der Waals surface area contributed by atoms with E-state index in [9.17, 15) is 14.4 Å². The highest BCUT2D eigenvalue weighted by Crippen LogP contribution is 2.28. The summed E-state index contributed by atoms with van der Waals surface area (Å²) in [5.41, 5.74) is 4.72. The predicted octanol–water partition coefficient (Wildman–Crippen LogP) is -0.436. The molecular formula is C15H26N4O3S. The molecule has 0 radical (unpaired) electrons. The Morgan fingerprint density at radius 2 is 1.74 bits per heavy atom. The highest BCUT2D eigenvalue weighted by atomic mass is 32.2. The molecule has 0 saturated carbocycles. The van der Waals surface area contributed by atoms with Crippen molar-refractivity contribution in [1.29, 1.82) is 0 Å². The van der Waals surface area contributed by atoms with Crippen molar-refractivity contribution >= 4 is 29.5 Å². The molecule has 130 valence electrons. The molecule has 2 heterocycles. The summed E-state index contributed by atoms with van der Waals surface area (Å²) >= 11 is 1.62. The summed E-state index contributed by atoms with van der Waals surface area (Å²) in [6.45, 7) is 8.29. The number of amides is 3. The molecule has 2 saturated heterocycles. The van der Waals surface area contributed by atoms with Crippen LogP contribution < -0.4 is 5.73 Å². The minimum absolute atomic E-state index is 0.0197. The van der Waals surface area contributed by atoms with Crippen LogP contribution in [0, 0.1) is 5.41 Å². The highest BCUT2D eigenvalue weighted by Gasteiger charge is 2.41. The first-order valence-electron chi connectivity index (χ1n) is 7.88. The van der Waals surface area contributed by atoms with Gasteiger partial charge in [-0.05, 0) is 0 Å². The highest BCUT2D eigenvalue weighted by molar-refractivity contribution is 7.99. The van der Waals surface area contributed by atoms with Crippen molar-refractivity contribution in [3.8, 4) is 0 Å². The van der Waals surface area contributed by atoms with Gasteiger partial charge in [-0.1, -0.05) is 20.8 Å². The number of nitrogens with two attached hydrogens (primary N) is 1. The third-order valence-electron chi connectivity index (χ3n) is 4.13. The van der Waals surface area contributed by atoms with E-state index in [-0.39, 0.29) is 30.3 Å². The van der Waals surface area contributed by atoms with Crippen LogP contribution >= 0.6 is 11.8 Å². The fourth-order valence-corrected chi connectivity index (χ4v) is 3.98. The Balaban J connectivity index is 1.95. The Hall–Kier alpha value is -1.28. The van der Waals surface area contributed by atoms with Gasteiger partial charge in [0.05, 0.1) is 12.4 Å². The van der Waals surface area contributed by atoms with E-state index in [1.807, 2.05) is 25.7 Å². The Morgan fingerprint density at radius 1 is 1.13 bits per heavy atom. The lowest BCUT2D eigenvalue weighted by atomic mass is 9.94. The number of thioether (sulfide) groups is 1. The number of primary amides is 1. The molecule has 23 heavy (non-hydrogen) atoms. The number of piperazine rings is 1. The van der Waals surface area contributed by atoms with E-state index in [1.165, 1.54) is 0 Å². The first-order chi connectivity index (χ1) is 10.7. The lowest BCUT2D eigenvalue weighted by Gasteiger charge is -2.37. The molecular weight excluding hydrogens is 316 g/mol. The van der Waals surface area contributed by atoms with E-state index in [0.29, 0.717) is 37.8 Å². The van der Waals surface area contributed by atoms with Crippen LogP contribution in [0.4, 0.5) is 0 Å². The van der Waals surface area contributed by atoms with Crippen molar-refractivity contribution in [2.24, 2.45) is 11.1 Å². The summed E-state index contributed by atoms with van der Waals surface area (Å²) in [5.74, 6) is 0.925. The molecule has 2 aliphatic rings. The molecule has 8 heteroatoms. The molecule has 2 N–H and O–H groups in total. The maximum absolute atomic E-state index is 12.8. The van der Waals surface area contributed by atoms with Crippen LogP contribution in [0.5, 0.6) is 0 Å². The smallest absolute Gasteiger partial charge is 0.246 e. The molecule has 0 aromatic heterocycles. The molecule has 0 aromatic rings. The molecule has 2 rings (SSSR count). The van der Waals surface area contributed by atoms with Crippen LogP contribution in [-0.2, 0) is 14.4 Å². The quantitative estimate of drug-likeness (QED) is 0.752. The van der Waals surface area contributed by atoms with Crippen LogP contribution in [0.2, 0.25) is 0 Å². The summed E-state index contributed by atoms with van der Waals surface area (Å²) in [6.07, 6.45) is 0. The van der Waals surface area contributed by atoms with Gasteiger partial charge in [-0.3, -0.25) is 19.3 Å². The van der Waals surface area contributed by atoms with Crippen molar-refractivity contribution in [3.05, 3.63) is 0 Å². The number of carbonyl (C=O) groups excluding carboxylic acids is 3. The van der Waals surface area contributed by atoms with Gasteiger partial charge in [-0.15, -0.1) is 11.8 Å². The summed E-state index contributed by atoms with van der Waals surface area (Å²) < 4.78 is 0. The normalized spacial score (nSPS) is 23.2. The molecule has 1 unspecified atom stereocenters. The van der Waals surface area contributed by atoms with Gasteiger partial charge in [0.1, 0.15) is 6.04 Å². The third kappa shape index (κ3) is 4.38. The molecule has 0 aliphatic carbocycles. The van der Waals surface area contributed by atoms with Gasteiger partial charge in [0.15, 0.2) is 0 Å². The van der Waals surface area contributed by atoms with E-state index < -0.39 is 5.41 Å². The van der Waals surface area contributed by atoms with Crippen molar-refractivity contribution < 1.29 is 14.4 Å². The summed E-state index contributed by atoms with van der Waals surface area (Å²) in [4.78, 5) is 41.7. The van der Waals surface area contributed by atoms with Gasteiger partial charge in [-0.25, -0.2) is 0 Å². The monoisotopic (exact) mass is 342 g/mol. The van der Waals surface area contributed by atoms with Crippen LogP contribution in [0.25, 0.3) is 0 Å². The van der Waals surface area contributed by atoms with Crippen molar-refractivity contribution in [1.82, 2.24) is 14.7 Å². The second kappa shape index (κ2) is 7.09. The number of nitrogens with zero attached hydrogens (tertiary/aromatic N) is 3. The molecule has 0 spiro atoms. The molecule has 0 aromatic carbocycles. The van der Waals surface area contributed by atoms with E-state index >= 15 is 0 Å². The minimum atomic E-state index is -0.483. The topological polar surface area (TPSA) is 87.0 Å². The summed E-state index contributed by atoms with van der Waals surface area (Å²) in [7, 11) is 0. The van der Waals surface area contributed by atoms with E-state index in [1.54, 1.807) is 21.6 Å². The van der Waals surface area contributed by atoms with Crippen molar-refractivity contribution in [2.45, 2.75) is 26.8 Å². The van der Waals surface area contributed by atoms with Gasteiger partial charge in [0.2, 0.25) is 17.7 Å². The Kier molecular flexibility index (Phi) is 5.57. The number of rotatable bonds is 3. The minimum Gasteiger partial charge on any atom is -0.369 e. The Morgan fingerprint density at radius 3 is 2.26 bits per heavy atom. The van der Waals surface area contributed by atoms with Gasteiger partial charge in [0, 0.05) is 37.3 Å². The lowest BCUT2D eigenvalue weighted by Crippen LogP contribution is -2.56. The summed E-state index contributed by atoms with van der Waals surface area (Å²) in [5, 5.41) is 0. The number of hydrogen-bond acceptors (Lipinski definition) is 5. The zero-order valence-corrected chi connectivity index (χ0v) is 14.9. The fourth-order valence-electron chi connectivity index (χ4n) is 2.84. The fraction of sp³-hybridized carbons (Fsp3) is 0.800. The third-order valence-corrected chi connectivity index (χ3v) is 5.15. The van der Waals surface area contributed by atoms with Crippen LogP contribution in [0.1, 0.15) is 20.8 Å². The zero-order valence-electron chi connectivity index (χ0n) is 14.1. The average Bonchev–Trinajstić information content (AvgIpc) is 2.94. The SMILES string of the molecule is CC(C)(C)C(=O)N1CSCC1C(=O)N1CCN(CC(N)=O)CC1. The van der Waals surface area contributed by atoms with E-state index in [0.717, 1.165) is 0 Å². The number of carbonyl (C=O) groups is 3. The molecule has 1 atom stereocenters. The lowest BCUT2D eigenvalue weighted by molar-refractivity contribution is -0.148. The number of hydrogen-bond donors (Lipinski definition) is 1. The zero-order chi connectivity index (χ0) is 17.2. The maximum atomic E-state index is 12.8. The van der Waals surface area contributed by atoms with Crippen molar-refractivity contribution in [3.63, 3.8) is 0 Å². The molecule has 2 fully saturated rings. The first-order valence-corrected chi connectivity index (χ1v) is 9.04. The second-order valence-electron chi connectivity index (χ2n) is 7.11. The standard InChI is InChI=1S/C15H26N4O3S/c1-15(2,3)14(22)19-10-23-9-11(19)13(21)18-6-4-17(5-7-18)8-12(16)20/h11H,4-10H2,1-3H3,(H2,16,20). The van der Waals surface area contributed by atoms with Gasteiger partial charge >= 0.3 is 0 Å². The summed E-state index contributed by atoms with van der Waals surface area (Å²) in [6, 6.07) is -0.366. The molecule has 3 amide bonds. The Labute approximate surface area is 141 Å². The van der Waals surface area contributed by atoms with Crippen LogP contribution in [-0.4, -0.2) is 82.8 Å². The van der Waals surface area contributed by atoms with Gasteiger partial charge in [-0.2, -0.15) is 0 Å². The molecule has 2 aliphatic heterocycles. The van der Waals surface area contributed by atoms with Crippen LogP contribution in [0.15, 0.2) is 0 Å². The second-order valence-corrected chi connectivity index (χ2v) is 8.11. The van der Waals surface area contributed by atoms with Gasteiger partial charge in [0.25, 0.3) is 0 Å². The van der Waals surface area contributed by atoms with E-state index in [2.05, 4.69) is 0 Å². The maximum Gasteiger partial charge on any atom is 0.246 e. The van der Waals surface area contributed by atoms with Crippen molar-refractivity contribution in [2.75, 3.05) is 44.4 Å². The largest absolute Gasteiger partial charge is 0.369 e. The first kappa shape index (κ1) is 18.1. The predicted molar refractivity (Wildman–Crippen MR) is 89.6 cm³/mol. The molecule has 7 nitrogen and oxygen atoms in total. The van der Waals surface area contributed by atoms with Crippen LogP contribution in [0.3, 0.4) is 0 Å². The van der Waals surface area contributed by atoms with E-state index in [4.69, 9.17) is 5.73 Å². The molecule has 0 bridgehead atoms. The Bertz CT molecular complexity index is 484. The average molecular weight is 342 g/mol. The van der Waals surface area contributed by atoms with Gasteiger partial charge < -0.3 is 15.5 Å².